The SMILES string of the molecule is C=CCON=C(C(=O)NC1C(=O)N2C(C(=O)O)=CCS[C@H]12)c1csc(N)n1. The number of aromatic nitrogens is 1. The van der Waals surface area contributed by atoms with Gasteiger partial charge in [0.15, 0.2) is 10.8 Å². The second kappa shape index (κ2) is 7.80. The highest BCUT2D eigenvalue weighted by atomic mass is 32.2. The average molecular weight is 409 g/mol. The summed E-state index contributed by atoms with van der Waals surface area (Å²) in [5.41, 5.74) is 5.60. The number of rotatable bonds is 7. The molecular weight excluding hydrogens is 394 g/mol. The lowest BCUT2D eigenvalue weighted by molar-refractivity contribution is -0.150. The number of thiazole rings is 1. The summed E-state index contributed by atoms with van der Waals surface area (Å²) in [5.74, 6) is -1.93. The molecule has 0 saturated carbocycles. The van der Waals surface area contributed by atoms with Crippen LogP contribution < -0.4 is 11.1 Å². The molecule has 0 bridgehead atoms. The van der Waals surface area contributed by atoms with Crippen LogP contribution in [-0.4, -0.2) is 62.3 Å². The van der Waals surface area contributed by atoms with Crippen LogP contribution in [0.1, 0.15) is 5.69 Å². The average Bonchev–Trinajstić information content (AvgIpc) is 3.08. The van der Waals surface area contributed by atoms with E-state index in [2.05, 4.69) is 22.0 Å². The van der Waals surface area contributed by atoms with Gasteiger partial charge in [-0.25, -0.2) is 9.78 Å². The lowest BCUT2D eigenvalue weighted by atomic mass is 10.0. The van der Waals surface area contributed by atoms with Gasteiger partial charge in [-0.1, -0.05) is 17.8 Å². The van der Waals surface area contributed by atoms with Crippen molar-refractivity contribution < 1.29 is 24.3 Å². The quantitative estimate of drug-likeness (QED) is 0.187. The van der Waals surface area contributed by atoms with E-state index in [1.165, 1.54) is 23.9 Å². The number of carbonyl (C=O) groups excluding carboxylic acids is 2. The van der Waals surface area contributed by atoms with Crippen LogP contribution in [0.5, 0.6) is 0 Å². The molecule has 1 unspecified atom stereocenters. The number of nitrogens with one attached hydrogen (secondary N) is 1. The summed E-state index contributed by atoms with van der Waals surface area (Å²) in [6.07, 6.45) is 2.92. The van der Waals surface area contributed by atoms with Crippen molar-refractivity contribution in [2.24, 2.45) is 5.16 Å². The second-order valence-corrected chi connectivity index (χ2v) is 7.41. The first-order chi connectivity index (χ1) is 12.9. The third-order valence-corrected chi connectivity index (χ3v) is 5.54. The molecule has 3 rings (SSSR count). The predicted octanol–water partition coefficient (Wildman–Crippen LogP) is 0.000400. The lowest BCUT2D eigenvalue weighted by Crippen LogP contribution is -2.70. The van der Waals surface area contributed by atoms with Crippen LogP contribution >= 0.6 is 23.1 Å². The molecule has 1 fully saturated rings. The van der Waals surface area contributed by atoms with Gasteiger partial charge in [0.05, 0.1) is 0 Å². The molecule has 10 nitrogen and oxygen atoms in total. The van der Waals surface area contributed by atoms with Crippen LogP contribution in [0.4, 0.5) is 5.13 Å². The van der Waals surface area contributed by atoms with Crippen molar-refractivity contribution in [2.75, 3.05) is 18.1 Å². The minimum absolute atomic E-state index is 0.0790. The molecule has 4 N–H and O–H groups in total. The van der Waals surface area contributed by atoms with Crippen molar-refractivity contribution in [1.29, 1.82) is 0 Å². The number of amides is 2. The molecule has 2 atom stereocenters. The molecule has 12 heteroatoms. The van der Waals surface area contributed by atoms with Crippen LogP contribution in [0.3, 0.4) is 0 Å². The first kappa shape index (κ1) is 18.9. The summed E-state index contributed by atoms with van der Waals surface area (Å²) in [4.78, 5) is 46.4. The van der Waals surface area contributed by atoms with Crippen LogP contribution in [0.25, 0.3) is 0 Å². The molecule has 2 aliphatic heterocycles. The van der Waals surface area contributed by atoms with Crippen LogP contribution in [0.15, 0.2) is 35.0 Å². The molecule has 142 valence electrons. The first-order valence-corrected chi connectivity index (χ1v) is 9.58. The van der Waals surface area contributed by atoms with Crippen molar-refractivity contribution in [3.63, 3.8) is 0 Å². The maximum atomic E-state index is 12.7. The summed E-state index contributed by atoms with van der Waals surface area (Å²) >= 11 is 2.48. The van der Waals surface area contributed by atoms with Crippen LogP contribution in [-0.2, 0) is 19.2 Å². The van der Waals surface area contributed by atoms with E-state index in [9.17, 15) is 19.5 Å². The van der Waals surface area contributed by atoms with Crippen LogP contribution in [0.2, 0.25) is 0 Å². The number of carbonyl (C=O) groups is 3. The van der Waals surface area contributed by atoms with E-state index < -0.39 is 29.2 Å². The molecule has 0 aromatic carbocycles. The number of nitrogens with zero attached hydrogens (tertiary/aromatic N) is 3. The number of anilines is 1. The third kappa shape index (κ3) is 3.66. The molecule has 27 heavy (non-hydrogen) atoms. The Morgan fingerprint density at radius 3 is 3.00 bits per heavy atom. The van der Waals surface area contributed by atoms with Gasteiger partial charge in [0, 0.05) is 11.1 Å². The number of carboxylic acid groups (broad SMARTS) is 1. The van der Waals surface area contributed by atoms with Crippen molar-refractivity contribution in [2.45, 2.75) is 11.4 Å². The van der Waals surface area contributed by atoms with E-state index in [0.29, 0.717) is 5.75 Å². The van der Waals surface area contributed by atoms with Crippen molar-refractivity contribution in [3.8, 4) is 0 Å². The van der Waals surface area contributed by atoms with E-state index in [1.54, 1.807) is 5.38 Å². The standard InChI is InChI=1S/C15H15N5O5S2/c1-2-4-25-19-9(7-6-27-15(16)17-7)11(21)18-10-12(22)20-8(14(23)24)3-5-26-13(10)20/h2-3,6,10,13H,1,4-5H2,(H2,16,17)(H,18,21)(H,23,24)/t10?,13-/m1/s1. The second-order valence-electron chi connectivity index (χ2n) is 5.37. The molecule has 2 amide bonds. The van der Waals surface area contributed by atoms with Gasteiger partial charge in [-0.15, -0.1) is 23.1 Å². The van der Waals surface area contributed by atoms with Gasteiger partial charge in [0.1, 0.15) is 29.4 Å². The lowest BCUT2D eigenvalue weighted by Gasteiger charge is -2.48. The topological polar surface area (TPSA) is 147 Å². The summed E-state index contributed by atoms with van der Waals surface area (Å²) in [7, 11) is 0. The number of hydrogen-bond donors (Lipinski definition) is 3. The molecule has 1 aromatic rings. The molecule has 3 heterocycles. The fourth-order valence-corrected chi connectivity index (χ4v) is 4.25. The summed E-state index contributed by atoms with van der Waals surface area (Å²) in [6.45, 7) is 3.57. The van der Waals surface area contributed by atoms with Gasteiger partial charge >= 0.3 is 5.97 Å². The van der Waals surface area contributed by atoms with E-state index in [0.717, 1.165) is 16.2 Å². The Bertz CT molecular complexity index is 865. The fraction of sp³-hybridized carbons (Fsp3) is 0.267. The zero-order valence-corrected chi connectivity index (χ0v) is 15.5. The van der Waals surface area contributed by atoms with E-state index >= 15 is 0 Å². The molecule has 1 saturated heterocycles. The van der Waals surface area contributed by atoms with Crippen molar-refractivity contribution >= 4 is 51.7 Å². The van der Waals surface area contributed by atoms with Gasteiger partial charge in [-0.2, -0.15) is 0 Å². The number of hydrogen-bond acceptors (Lipinski definition) is 9. The van der Waals surface area contributed by atoms with E-state index in [4.69, 9.17) is 10.6 Å². The minimum atomic E-state index is -1.18. The fourth-order valence-electron chi connectivity index (χ4n) is 2.50. The highest BCUT2D eigenvalue weighted by Crippen LogP contribution is 2.37. The Morgan fingerprint density at radius 1 is 1.59 bits per heavy atom. The van der Waals surface area contributed by atoms with E-state index in [1.807, 2.05) is 0 Å². The number of oxime groups is 1. The number of aliphatic carboxylic acids is 1. The number of β-lactam (4-membered cyclic amide) rings is 1. The number of fused-ring (bicyclic) bond motifs is 1. The van der Waals surface area contributed by atoms with Gasteiger partial charge in [-0.3, -0.25) is 14.5 Å². The minimum Gasteiger partial charge on any atom is -0.477 e. The van der Waals surface area contributed by atoms with Crippen LogP contribution in [0, 0.1) is 0 Å². The molecular formula is C15H15N5O5S2. The number of thioether (sulfide) groups is 1. The molecule has 2 aliphatic rings. The Balaban J connectivity index is 1.76. The normalized spacial score (nSPS) is 21.6. The monoisotopic (exact) mass is 409 g/mol. The molecule has 0 aliphatic carbocycles. The van der Waals surface area contributed by atoms with Gasteiger partial charge in [0.2, 0.25) is 0 Å². The zero-order chi connectivity index (χ0) is 19.6. The maximum Gasteiger partial charge on any atom is 0.352 e. The van der Waals surface area contributed by atoms with Gasteiger partial charge < -0.3 is 21.0 Å². The highest BCUT2D eigenvalue weighted by Gasteiger charge is 2.53. The molecule has 0 spiro atoms. The largest absolute Gasteiger partial charge is 0.477 e. The smallest absolute Gasteiger partial charge is 0.352 e. The Hall–Kier alpha value is -2.86. The van der Waals surface area contributed by atoms with Crippen molar-refractivity contribution in [3.05, 3.63) is 35.5 Å². The number of carboxylic acids is 1. The highest BCUT2D eigenvalue weighted by molar-refractivity contribution is 8.00. The Morgan fingerprint density at radius 2 is 2.37 bits per heavy atom. The van der Waals surface area contributed by atoms with Gasteiger partial charge in [-0.05, 0) is 6.08 Å². The Kier molecular flexibility index (Phi) is 5.46. The third-order valence-electron chi connectivity index (χ3n) is 3.68. The van der Waals surface area contributed by atoms with E-state index in [-0.39, 0.29) is 28.8 Å². The summed E-state index contributed by atoms with van der Waals surface area (Å²) in [5, 5.41) is 16.8. The van der Waals surface area contributed by atoms with Crippen molar-refractivity contribution in [1.82, 2.24) is 15.2 Å². The molecule has 0 radical (unpaired) electrons. The number of nitrogen functional groups attached to an aromatic ring is 1. The number of nitrogens with two attached hydrogens (primary N) is 1. The summed E-state index contributed by atoms with van der Waals surface area (Å²) < 4.78 is 0. The zero-order valence-electron chi connectivity index (χ0n) is 13.8. The molecule has 1 aromatic heterocycles. The maximum absolute atomic E-state index is 12.7. The summed E-state index contributed by atoms with van der Waals surface area (Å²) in [6, 6.07) is -0.869. The first-order valence-electron chi connectivity index (χ1n) is 7.65. The predicted molar refractivity (Wildman–Crippen MR) is 100.0 cm³/mol. The van der Waals surface area contributed by atoms with Gasteiger partial charge in [0.25, 0.3) is 11.8 Å². The Labute approximate surface area is 161 Å².